The highest BCUT2D eigenvalue weighted by Crippen LogP contribution is 2.39. The Balaban J connectivity index is 1.60. The number of fused-ring (bicyclic) bond motifs is 2. The van der Waals surface area contributed by atoms with Gasteiger partial charge in [-0.25, -0.2) is 13.3 Å². The summed E-state index contributed by atoms with van der Waals surface area (Å²) in [6.07, 6.45) is 2.61. The highest BCUT2D eigenvalue weighted by atomic mass is 19.1. The summed E-state index contributed by atoms with van der Waals surface area (Å²) in [6.45, 7) is 0. The molecule has 29 heavy (non-hydrogen) atoms. The molecule has 148 valence electrons. The number of carbonyl (C=O) groups excluding carboxylic acids is 1. The zero-order chi connectivity index (χ0) is 20.3. The molecule has 0 spiro atoms. The van der Waals surface area contributed by atoms with E-state index in [0.29, 0.717) is 22.6 Å². The summed E-state index contributed by atoms with van der Waals surface area (Å²) in [6, 6.07) is 6.84. The van der Waals surface area contributed by atoms with Crippen LogP contribution in [0.4, 0.5) is 20.3 Å². The average molecular weight is 396 g/mol. The van der Waals surface area contributed by atoms with Crippen molar-refractivity contribution in [3.8, 4) is 11.1 Å². The van der Waals surface area contributed by atoms with Gasteiger partial charge in [-0.15, -0.1) is 0 Å². The number of hydrogen-bond donors (Lipinski definition) is 2. The van der Waals surface area contributed by atoms with Crippen molar-refractivity contribution in [3.63, 3.8) is 0 Å². The number of H-pyrrole nitrogens is 1. The fourth-order valence-electron chi connectivity index (χ4n) is 3.64. The number of halogens is 2. The highest BCUT2D eigenvalue weighted by molar-refractivity contribution is 6.02. The molecule has 3 aromatic heterocycles. The second-order valence-corrected chi connectivity index (χ2v) is 7.47. The van der Waals surface area contributed by atoms with E-state index in [0.717, 1.165) is 16.5 Å². The van der Waals surface area contributed by atoms with Crippen molar-refractivity contribution >= 4 is 33.8 Å². The maximum Gasteiger partial charge on any atom is 0.231 e. The van der Waals surface area contributed by atoms with Gasteiger partial charge >= 0.3 is 0 Å². The molecule has 5 rings (SSSR count). The van der Waals surface area contributed by atoms with Crippen LogP contribution < -0.4 is 10.2 Å². The number of benzene rings is 1. The van der Waals surface area contributed by atoms with Crippen LogP contribution >= 0.6 is 0 Å². The largest absolute Gasteiger partial charge is 0.375 e. The molecule has 1 fully saturated rings. The number of aromatic nitrogens is 4. The number of carbonyl (C=O) groups is 1. The van der Waals surface area contributed by atoms with Crippen molar-refractivity contribution in [2.45, 2.75) is 12.6 Å². The van der Waals surface area contributed by atoms with Crippen LogP contribution in [0.1, 0.15) is 6.42 Å². The normalized spacial score (nSPS) is 18.3. The van der Waals surface area contributed by atoms with Gasteiger partial charge in [0.15, 0.2) is 5.82 Å². The predicted octanol–water partition coefficient (Wildman–Crippen LogP) is 3.38. The third kappa shape index (κ3) is 2.89. The molecule has 0 aliphatic heterocycles. The lowest BCUT2D eigenvalue weighted by atomic mass is 9.99. The second kappa shape index (κ2) is 6.26. The monoisotopic (exact) mass is 396 g/mol. The minimum Gasteiger partial charge on any atom is -0.375 e. The molecule has 1 aromatic carbocycles. The van der Waals surface area contributed by atoms with Gasteiger partial charge in [-0.3, -0.25) is 9.89 Å². The van der Waals surface area contributed by atoms with Crippen LogP contribution in [0.25, 0.3) is 27.5 Å². The Morgan fingerprint density at radius 2 is 2.14 bits per heavy atom. The molecule has 0 saturated heterocycles. The van der Waals surface area contributed by atoms with Crippen molar-refractivity contribution in [3.05, 3.63) is 42.5 Å². The van der Waals surface area contributed by atoms with Gasteiger partial charge in [0.05, 0.1) is 28.8 Å². The first kappa shape index (κ1) is 17.6. The molecule has 2 N–H and O–H groups in total. The topological polar surface area (TPSA) is 78.3 Å². The third-order valence-electron chi connectivity index (χ3n) is 5.17. The standard InChI is InChI=1S/C20H18F2N6O/c1-27(2)19-15(22)8-16-13(9-23-25-16)18(19)10-3-4-28-11(5-10)6-17(26-28)24-20(29)12-7-14(12)21/h3-6,8-9,12,14H,7H2,1-2H3,(H,23,25)(H,24,26,29)/t12-,14+/m1/s1. The predicted molar refractivity (Wildman–Crippen MR) is 106 cm³/mol. The van der Waals surface area contributed by atoms with Crippen molar-refractivity contribution < 1.29 is 13.6 Å². The van der Waals surface area contributed by atoms with Gasteiger partial charge in [0, 0.05) is 43.4 Å². The number of hydrogen-bond acceptors (Lipinski definition) is 4. The van der Waals surface area contributed by atoms with E-state index in [9.17, 15) is 13.6 Å². The van der Waals surface area contributed by atoms with E-state index in [-0.39, 0.29) is 18.1 Å². The fourth-order valence-corrected chi connectivity index (χ4v) is 3.64. The first-order valence-corrected chi connectivity index (χ1v) is 9.20. The van der Waals surface area contributed by atoms with Gasteiger partial charge in [0.2, 0.25) is 5.91 Å². The Bertz CT molecular complexity index is 1260. The van der Waals surface area contributed by atoms with Crippen LogP contribution in [0.5, 0.6) is 0 Å². The number of aromatic amines is 1. The lowest BCUT2D eigenvalue weighted by Crippen LogP contribution is -2.15. The molecule has 7 nitrogen and oxygen atoms in total. The molecule has 0 radical (unpaired) electrons. The van der Waals surface area contributed by atoms with E-state index in [1.54, 1.807) is 42.0 Å². The lowest BCUT2D eigenvalue weighted by Gasteiger charge is -2.19. The number of rotatable bonds is 4. The number of alkyl halides is 1. The number of nitrogens with zero attached hydrogens (tertiary/aromatic N) is 4. The van der Waals surface area contributed by atoms with Gasteiger partial charge in [-0.05, 0) is 24.1 Å². The molecule has 4 aromatic rings. The van der Waals surface area contributed by atoms with Gasteiger partial charge in [0.1, 0.15) is 12.0 Å². The van der Waals surface area contributed by atoms with Crippen LogP contribution in [0.2, 0.25) is 0 Å². The van der Waals surface area contributed by atoms with Crippen LogP contribution in [0.15, 0.2) is 36.7 Å². The molecule has 1 amide bonds. The summed E-state index contributed by atoms with van der Waals surface area (Å²) in [5.41, 5.74) is 3.28. The highest BCUT2D eigenvalue weighted by Gasteiger charge is 2.43. The summed E-state index contributed by atoms with van der Waals surface area (Å²) in [5.74, 6) is -0.943. The molecule has 2 atom stereocenters. The van der Waals surface area contributed by atoms with E-state index in [4.69, 9.17) is 0 Å². The number of amides is 1. The second-order valence-electron chi connectivity index (χ2n) is 7.47. The van der Waals surface area contributed by atoms with Crippen molar-refractivity contribution in [1.29, 1.82) is 0 Å². The van der Waals surface area contributed by atoms with Crippen LogP contribution in [-0.2, 0) is 4.79 Å². The minimum absolute atomic E-state index is 0.261. The smallest absolute Gasteiger partial charge is 0.231 e. The fraction of sp³-hybridized carbons (Fsp3) is 0.250. The van der Waals surface area contributed by atoms with E-state index in [1.807, 2.05) is 12.1 Å². The van der Waals surface area contributed by atoms with Crippen molar-refractivity contribution in [1.82, 2.24) is 19.8 Å². The molecular weight excluding hydrogens is 378 g/mol. The summed E-state index contributed by atoms with van der Waals surface area (Å²) in [5, 5.41) is 14.6. The Morgan fingerprint density at radius 1 is 1.34 bits per heavy atom. The molecule has 0 unspecified atom stereocenters. The first-order valence-electron chi connectivity index (χ1n) is 9.20. The van der Waals surface area contributed by atoms with Crippen LogP contribution in [0, 0.1) is 11.7 Å². The molecule has 0 bridgehead atoms. The average Bonchev–Trinajstić information content (AvgIpc) is 3.06. The van der Waals surface area contributed by atoms with Crippen LogP contribution in [0.3, 0.4) is 0 Å². The molecule has 9 heteroatoms. The number of nitrogens with one attached hydrogen (secondary N) is 2. The van der Waals surface area contributed by atoms with Gasteiger partial charge in [-0.2, -0.15) is 10.2 Å². The van der Waals surface area contributed by atoms with Crippen LogP contribution in [-0.4, -0.2) is 46.0 Å². The summed E-state index contributed by atoms with van der Waals surface area (Å²) >= 11 is 0. The number of anilines is 2. The summed E-state index contributed by atoms with van der Waals surface area (Å²) < 4.78 is 29.5. The van der Waals surface area contributed by atoms with E-state index in [1.165, 1.54) is 6.07 Å². The Labute approximate surface area is 164 Å². The zero-order valence-electron chi connectivity index (χ0n) is 15.8. The zero-order valence-corrected chi connectivity index (χ0v) is 15.8. The number of pyridine rings is 1. The Kier molecular flexibility index (Phi) is 3.80. The third-order valence-corrected chi connectivity index (χ3v) is 5.17. The van der Waals surface area contributed by atoms with E-state index < -0.39 is 12.1 Å². The van der Waals surface area contributed by atoms with E-state index >= 15 is 0 Å². The molecule has 1 aliphatic rings. The maximum atomic E-state index is 14.8. The molecular formula is C20H18F2N6O. The maximum absolute atomic E-state index is 14.8. The van der Waals surface area contributed by atoms with Crippen molar-refractivity contribution in [2.24, 2.45) is 5.92 Å². The quantitative estimate of drug-likeness (QED) is 0.554. The molecule has 1 saturated carbocycles. The summed E-state index contributed by atoms with van der Waals surface area (Å²) in [7, 11) is 3.57. The molecule has 3 heterocycles. The lowest BCUT2D eigenvalue weighted by molar-refractivity contribution is -0.117. The Morgan fingerprint density at radius 3 is 2.86 bits per heavy atom. The van der Waals surface area contributed by atoms with Crippen molar-refractivity contribution in [2.75, 3.05) is 24.3 Å². The Hall–Kier alpha value is -3.49. The SMILES string of the molecule is CN(C)c1c(F)cc2[nH]ncc2c1-c1ccn2nc(NC(=O)[C@@H]3C[C@@H]3F)cc2c1. The minimum atomic E-state index is -1.06. The van der Waals surface area contributed by atoms with Gasteiger partial charge in [-0.1, -0.05) is 0 Å². The molecule has 1 aliphatic carbocycles. The van der Waals surface area contributed by atoms with E-state index in [2.05, 4.69) is 20.6 Å². The summed E-state index contributed by atoms with van der Waals surface area (Å²) in [4.78, 5) is 13.7. The van der Waals surface area contributed by atoms with Gasteiger partial charge < -0.3 is 10.2 Å². The first-order chi connectivity index (χ1) is 13.9. The van der Waals surface area contributed by atoms with Gasteiger partial charge in [0.25, 0.3) is 0 Å².